The molecule has 0 bridgehead atoms. The normalized spacial score (nSPS) is 22.6. The fourth-order valence-corrected chi connectivity index (χ4v) is 4.29. The van der Waals surface area contributed by atoms with Crippen LogP contribution in [0.3, 0.4) is 0 Å². The average molecular weight is 367 g/mol. The van der Waals surface area contributed by atoms with Crippen LogP contribution in [0, 0.1) is 11.8 Å². The van der Waals surface area contributed by atoms with E-state index in [9.17, 15) is 4.79 Å². The third-order valence-electron chi connectivity index (χ3n) is 5.67. The Morgan fingerprint density at radius 3 is 2.60 bits per heavy atom. The highest BCUT2D eigenvalue weighted by molar-refractivity contribution is 6.74. The van der Waals surface area contributed by atoms with E-state index in [1.54, 1.807) is 0 Å². The molecule has 0 amide bonds. The molecule has 0 saturated carbocycles. The van der Waals surface area contributed by atoms with E-state index in [0.717, 1.165) is 12.8 Å². The maximum Gasteiger partial charge on any atom is 0.303 e. The molecular weight excluding hydrogens is 328 g/mol. The van der Waals surface area contributed by atoms with Crippen LogP contribution in [0.15, 0.2) is 24.3 Å². The lowest BCUT2D eigenvalue weighted by molar-refractivity contribution is -0.137. The molecule has 1 rings (SSSR count). The summed E-state index contributed by atoms with van der Waals surface area (Å²) in [5, 5.41) is 9.28. The molecule has 0 aromatic heterocycles. The second-order valence-corrected chi connectivity index (χ2v) is 13.6. The maximum atomic E-state index is 11.0. The quantitative estimate of drug-likeness (QED) is 0.285. The van der Waals surface area contributed by atoms with Gasteiger partial charge in [-0.3, -0.25) is 4.79 Å². The van der Waals surface area contributed by atoms with Crippen LogP contribution in [-0.2, 0) is 9.22 Å². The summed E-state index contributed by atoms with van der Waals surface area (Å²) >= 11 is 0. The Labute approximate surface area is 155 Å². The first-order valence-electron chi connectivity index (χ1n) is 9.81. The molecule has 3 nitrogen and oxygen atoms in total. The van der Waals surface area contributed by atoms with Crippen LogP contribution in [0.4, 0.5) is 0 Å². The number of aliphatic carboxylic acids is 1. The van der Waals surface area contributed by atoms with Gasteiger partial charge in [-0.25, -0.2) is 0 Å². The standard InChI is InChI=1S/C21H38O3Si/c1-7-8-9-13-19(24-25(5,6)21(2,3)4)15-14-17-11-10-12-18(17)16-20(22)23/h10,12,14-15,17-19H,7-9,11,13,16H2,1-6H3,(H,22,23)/b15-14+/t17-,18-,19+/m1/s1. The summed E-state index contributed by atoms with van der Waals surface area (Å²) in [7, 11) is -1.81. The Balaban J connectivity index is 2.77. The van der Waals surface area contributed by atoms with E-state index in [-0.39, 0.29) is 23.5 Å². The van der Waals surface area contributed by atoms with Gasteiger partial charge in [0.25, 0.3) is 0 Å². The second-order valence-electron chi connectivity index (χ2n) is 8.89. The molecule has 3 atom stereocenters. The van der Waals surface area contributed by atoms with E-state index >= 15 is 0 Å². The number of carboxylic acids is 1. The van der Waals surface area contributed by atoms with Gasteiger partial charge in [0.1, 0.15) is 0 Å². The molecule has 0 aliphatic heterocycles. The zero-order valence-electron chi connectivity index (χ0n) is 17.0. The Morgan fingerprint density at radius 1 is 1.36 bits per heavy atom. The summed E-state index contributed by atoms with van der Waals surface area (Å²) in [4.78, 5) is 11.0. The second kappa shape index (κ2) is 9.72. The first-order valence-corrected chi connectivity index (χ1v) is 12.7. The van der Waals surface area contributed by atoms with Gasteiger partial charge in [0.15, 0.2) is 8.32 Å². The predicted octanol–water partition coefficient (Wildman–Crippen LogP) is 6.18. The lowest BCUT2D eigenvalue weighted by atomic mass is 9.91. The SMILES string of the molecule is CCCCC[C@@H](/C=C/[C@H]1CC=C[C@@H]1CC(=O)O)O[Si](C)(C)C(C)(C)C. The minimum Gasteiger partial charge on any atom is -0.481 e. The van der Waals surface area contributed by atoms with Crippen LogP contribution in [0.25, 0.3) is 0 Å². The molecule has 1 N–H and O–H groups in total. The lowest BCUT2D eigenvalue weighted by Gasteiger charge is -2.38. The highest BCUT2D eigenvalue weighted by atomic mass is 28.4. The molecular formula is C21H38O3Si. The Morgan fingerprint density at radius 2 is 2.04 bits per heavy atom. The number of hydrogen-bond acceptors (Lipinski definition) is 2. The predicted molar refractivity (Wildman–Crippen MR) is 108 cm³/mol. The van der Waals surface area contributed by atoms with Gasteiger partial charge in [-0.05, 0) is 42.8 Å². The van der Waals surface area contributed by atoms with Gasteiger partial charge in [0, 0.05) is 0 Å². The number of unbranched alkanes of at least 4 members (excludes halogenated alkanes) is 2. The van der Waals surface area contributed by atoms with Gasteiger partial charge in [-0.2, -0.15) is 0 Å². The molecule has 144 valence electrons. The minimum absolute atomic E-state index is 0.123. The van der Waals surface area contributed by atoms with Crippen LogP contribution in [0.2, 0.25) is 18.1 Å². The van der Waals surface area contributed by atoms with Crippen molar-refractivity contribution in [3.05, 3.63) is 24.3 Å². The third-order valence-corrected chi connectivity index (χ3v) is 10.2. The van der Waals surface area contributed by atoms with E-state index in [1.165, 1.54) is 19.3 Å². The molecule has 0 aromatic carbocycles. The van der Waals surface area contributed by atoms with Crippen molar-refractivity contribution in [3.8, 4) is 0 Å². The number of hydrogen-bond donors (Lipinski definition) is 1. The molecule has 1 aliphatic carbocycles. The van der Waals surface area contributed by atoms with Crippen molar-refractivity contribution < 1.29 is 14.3 Å². The van der Waals surface area contributed by atoms with E-state index in [0.29, 0.717) is 5.92 Å². The Hall–Kier alpha value is -0.873. The van der Waals surface area contributed by atoms with Crippen LogP contribution in [0.5, 0.6) is 0 Å². The van der Waals surface area contributed by atoms with Gasteiger partial charge < -0.3 is 9.53 Å². The molecule has 0 spiro atoms. The van der Waals surface area contributed by atoms with Crippen molar-refractivity contribution in [3.63, 3.8) is 0 Å². The van der Waals surface area contributed by atoms with Gasteiger partial charge in [0.2, 0.25) is 0 Å². The van der Waals surface area contributed by atoms with Crippen molar-refractivity contribution in [1.29, 1.82) is 0 Å². The Bertz CT molecular complexity index is 474. The summed E-state index contributed by atoms with van der Waals surface area (Å²) in [5.74, 6) is -0.294. The fraction of sp³-hybridized carbons (Fsp3) is 0.762. The highest BCUT2D eigenvalue weighted by Gasteiger charge is 2.38. The summed E-state index contributed by atoms with van der Waals surface area (Å²) in [5.41, 5.74) is 0. The van der Waals surface area contributed by atoms with Gasteiger partial charge in [-0.1, -0.05) is 71.3 Å². The molecule has 0 radical (unpaired) electrons. The third kappa shape index (κ3) is 7.49. The minimum atomic E-state index is -1.81. The topological polar surface area (TPSA) is 46.5 Å². The van der Waals surface area contributed by atoms with Gasteiger partial charge in [-0.15, -0.1) is 0 Å². The van der Waals surface area contributed by atoms with Crippen molar-refractivity contribution >= 4 is 14.3 Å². The molecule has 1 aliphatic rings. The summed E-state index contributed by atoms with van der Waals surface area (Å²) in [6, 6.07) is 0. The first kappa shape index (κ1) is 22.2. The Kier molecular flexibility index (Phi) is 8.62. The maximum absolute atomic E-state index is 11.0. The van der Waals surface area contributed by atoms with Crippen molar-refractivity contribution in [2.45, 2.75) is 90.5 Å². The number of rotatable bonds is 10. The first-order chi connectivity index (χ1) is 11.6. The molecule has 4 heteroatoms. The molecule has 0 saturated heterocycles. The zero-order chi connectivity index (χ0) is 19.1. The smallest absolute Gasteiger partial charge is 0.303 e. The van der Waals surface area contributed by atoms with Crippen LogP contribution < -0.4 is 0 Å². The molecule has 0 fully saturated rings. The monoisotopic (exact) mass is 366 g/mol. The highest BCUT2D eigenvalue weighted by Crippen LogP contribution is 2.38. The summed E-state index contributed by atoms with van der Waals surface area (Å²) < 4.78 is 6.64. The lowest BCUT2D eigenvalue weighted by Crippen LogP contribution is -2.43. The van der Waals surface area contributed by atoms with E-state index < -0.39 is 14.3 Å². The average Bonchev–Trinajstić information content (AvgIpc) is 2.89. The van der Waals surface area contributed by atoms with Gasteiger partial charge in [0.05, 0.1) is 12.5 Å². The number of carboxylic acid groups (broad SMARTS) is 1. The molecule has 25 heavy (non-hydrogen) atoms. The molecule has 0 unspecified atom stereocenters. The van der Waals surface area contributed by atoms with Crippen molar-refractivity contribution in [2.75, 3.05) is 0 Å². The van der Waals surface area contributed by atoms with Crippen LogP contribution >= 0.6 is 0 Å². The largest absolute Gasteiger partial charge is 0.481 e. The van der Waals surface area contributed by atoms with Crippen LogP contribution in [-0.4, -0.2) is 25.5 Å². The van der Waals surface area contributed by atoms with E-state index in [1.807, 2.05) is 0 Å². The van der Waals surface area contributed by atoms with Crippen molar-refractivity contribution in [2.24, 2.45) is 11.8 Å². The number of allylic oxidation sites excluding steroid dienone is 3. The van der Waals surface area contributed by atoms with Crippen LogP contribution in [0.1, 0.15) is 66.2 Å². The summed E-state index contributed by atoms with van der Waals surface area (Å²) in [6.45, 7) is 13.7. The summed E-state index contributed by atoms with van der Waals surface area (Å²) in [6.07, 6.45) is 14.6. The van der Waals surface area contributed by atoms with Gasteiger partial charge >= 0.3 is 5.97 Å². The number of carbonyl (C=O) groups is 1. The van der Waals surface area contributed by atoms with E-state index in [4.69, 9.17) is 9.53 Å². The van der Waals surface area contributed by atoms with E-state index in [2.05, 4.69) is 65.1 Å². The fourth-order valence-electron chi connectivity index (χ4n) is 2.98. The molecule has 0 heterocycles. The molecule has 0 aromatic rings. The zero-order valence-corrected chi connectivity index (χ0v) is 18.0. The van der Waals surface area contributed by atoms with Crippen molar-refractivity contribution in [1.82, 2.24) is 0 Å².